The molecule has 4 nitrogen and oxygen atoms in total. The van der Waals surface area contributed by atoms with Gasteiger partial charge in [-0.2, -0.15) is 22.0 Å². The highest BCUT2D eigenvalue weighted by molar-refractivity contribution is 5.96. The molecule has 174 valence electrons. The van der Waals surface area contributed by atoms with Crippen molar-refractivity contribution in [2.45, 2.75) is 44.2 Å². The van der Waals surface area contributed by atoms with E-state index in [9.17, 15) is 27.1 Å². The topological polar surface area (TPSA) is 35.7 Å². The molecular weight excluding hydrogens is 499 g/mol. The van der Waals surface area contributed by atoms with E-state index in [4.69, 9.17) is 0 Å². The molecular formula is C22H22BrF5N2O2. The normalized spacial score (nSPS) is 21.3. The molecule has 1 N–H and O–H groups in total. The van der Waals surface area contributed by atoms with Crippen LogP contribution < -0.4 is 26.6 Å². The monoisotopic (exact) mass is 520 g/mol. The lowest BCUT2D eigenvalue weighted by atomic mass is 10.0. The standard InChI is InChI=1S/C22H22F5N2O2.BrH/c23-20(24)31-18-10-8-15(9-11-18)21(30)14-28(19-7-2-1-3-12-29(19)21)17-6-4-5-16(13-17)22(25,26)27;/h4-6,8-11,13,20,30H,1-3,7,12,14H2;1H/q+1;/p-1. The minimum atomic E-state index is -4.47. The van der Waals surface area contributed by atoms with Crippen LogP contribution in [-0.4, -0.2) is 35.2 Å². The number of hydrogen-bond donors (Lipinski definition) is 1. The van der Waals surface area contributed by atoms with Crippen LogP contribution in [0.1, 0.15) is 36.8 Å². The lowest BCUT2D eigenvalue weighted by Gasteiger charge is -2.24. The first-order valence-corrected chi connectivity index (χ1v) is 10.0. The predicted molar refractivity (Wildman–Crippen MR) is 104 cm³/mol. The van der Waals surface area contributed by atoms with Gasteiger partial charge in [-0.3, -0.25) is 0 Å². The van der Waals surface area contributed by atoms with Gasteiger partial charge in [0.25, 0.3) is 11.6 Å². The largest absolute Gasteiger partial charge is 1.00 e. The molecule has 2 aliphatic rings. The van der Waals surface area contributed by atoms with Crippen molar-refractivity contribution in [2.24, 2.45) is 0 Å². The first kappa shape index (κ1) is 24.4. The van der Waals surface area contributed by atoms with Crippen molar-refractivity contribution in [1.82, 2.24) is 0 Å². The average Bonchev–Trinajstić information content (AvgIpc) is 2.86. The first-order chi connectivity index (χ1) is 14.7. The zero-order valence-corrected chi connectivity index (χ0v) is 18.5. The molecule has 10 heteroatoms. The molecule has 32 heavy (non-hydrogen) atoms. The van der Waals surface area contributed by atoms with Crippen LogP contribution in [0, 0.1) is 0 Å². The maximum atomic E-state index is 13.2. The fourth-order valence-electron chi connectivity index (χ4n) is 4.31. The molecule has 1 unspecified atom stereocenters. The van der Waals surface area contributed by atoms with Crippen molar-refractivity contribution >= 4 is 11.5 Å². The number of amidine groups is 1. The summed E-state index contributed by atoms with van der Waals surface area (Å²) < 4.78 is 70.8. The van der Waals surface area contributed by atoms with E-state index in [1.54, 1.807) is 11.0 Å². The first-order valence-electron chi connectivity index (χ1n) is 10.0. The van der Waals surface area contributed by atoms with Gasteiger partial charge in [-0.25, -0.2) is 9.48 Å². The van der Waals surface area contributed by atoms with Gasteiger partial charge in [0.2, 0.25) is 0 Å². The Labute approximate surface area is 192 Å². The third kappa shape index (κ3) is 4.76. The summed E-state index contributed by atoms with van der Waals surface area (Å²) in [7, 11) is 0. The molecule has 0 fully saturated rings. The zero-order chi connectivity index (χ0) is 22.2. The molecule has 0 bridgehead atoms. The molecule has 2 aromatic carbocycles. The fourth-order valence-corrected chi connectivity index (χ4v) is 4.31. The zero-order valence-electron chi connectivity index (χ0n) is 17.0. The number of ether oxygens (including phenoxy) is 1. The van der Waals surface area contributed by atoms with Crippen LogP contribution in [-0.2, 0) is 11.9 Å². The summed E-state index contributed by atoms with van der Waals surface area (Å²) in [5.74, 6) is 0.724. The van der Waals surface area contributed by atoms with Gasteiger partial charge in [0.05, 0.1) is 12.1 Å². The molecule has 0 saturated carbocycles. The predicted octanol–water partition coefficient (Wildman–Crippen LogP) is 1.96. The van der Waals surface area contributed by atoms with Gasteiger partial charge in [-0.15, -0.1) is 0 Å². The van der Waals surface area contributed by atoms with Crippen LogP contribution in [0.5, 0.6) is 5.75 Å². The van der Waals surface area contributed by atoms with Gasteiger partial charge < -0.3 is 26.8 Å². The summed E-state index contributed by atoms with van der Waals surface area (Å²) in [5.41, 5.74) is -1.44. The van der Waals surface area contributed by atoms with Crippen molar-refractivity contribution in [3.63, 3.8) is 0 Å². The summed E-state index contributed by atoms with van der Waals surface area (Å²) in [6.45, 7) is -2.39. The minimum absolute atomic E-state index is 0. The molecule has 0 amide bonds. The van der Waals surface area contributed by atoms with Gasteiger partial charge in [0.1, 0.15) is 11.4 Å². The van der Waals surface area contributed by atoms with Crippen molar-refractivity contribution in [2.75, 3.05) is 18.0 Å². The van der Waals surface area contributed by atoms with Gasteiger partial charge >= 0.3 is 12.8 Å². The van der Waals surface area contributed by atoms with Gasteiger partial charge in [0, 0.05) is 12.0 Å². The number of rotatable bonds is 4. The number of aliphatic hydroxyl groups is 1. The molecule has 0 saturated heterocycles. The Morgan fingerprint density at radius 2 is 1.75 bits per heavy atom. The highest BCUT2D eigenvalue weighted by atomic mass is 79.9. The second-order valence-corrected chi connectivity index (χ2v) is 7.73. The summed E-state index contributed by atoms with van der Waals surface area (Å²) >= 11 is 0. The van der Waals surface area contributed by atoms with Crippen molar-refractivity contribution < 1.29 is 53.4 Å². The molecule has 1 atom stereocenters. The lowest BCUT2D eigenvalue weighted by molar-refractivity contribution is -0.658. The van der Waals surface area contributed by atoms with E-state index in [2.05, 4.69) is 4.74 Å². The van der Waals surface area contributed by atoms with Crippen molar-refractivity contribution in [3.05, 3.63) is 59.7 Å². The number of halogens is 6. The lowest BCUT2D eigenvalue weighted by Crippen LogP contribution is -3.00. The van der Waals surface area contributed by atoms with Gasteiger partial charge in [-0.05, 0) is 61.7 Å². The molecule has 2 heterocycles. The maximum Gasteiger partial charge on any atom is 0.416 e. The molecule has 0 spiro atoms. The van der Waals surface area contributed by atoms with Gasteiger partial charge in [-0.1, -0.05) is 6.07 Å². The Morgan fingerprint density at radius 1 is 1.03 bits per heavy atom. The van der Waals surface area contributed by atoms with E-state index in [1.807, 2.05) is 4.58 Å². The van der Waals surface area contributed by atoms with E-state index < -0.39 is 24.1 Å². The number of β-amino-alcohol motifs (C(OH)–C–C–N with tert-alkyl or cyclic N) is 1. The van der Waals surface area contributed by atoms with Crippen LogP contribution in [0.15, 0.2) is 48.5 Å². The third-order valence-corrected chi connectivity index (χ3v) is 5.76. The Hall–Kier alpha value is -2.20. The summed E-state index contributed by atoms with van der Waals surface area (Å²) in [5, 5.41) is 11.7. The molecule has 0 radical (unpaired) electrons. The number of hydrogen-bond acceptors (Lipinski definition) is 3. The van der Waals surface area contributed by atoms with E-state index >= 15 is 0 Å². The quantitative estimate of drug-likeness (QED) is 0.494. The fraction of sp³-hybridized carbons (Fsp3) is 0.409. The summed E-state index contributed by atoms with van der Waals surface area (Å²) in [6.07, 6.45) is -1.23. The van der Waals surface area contributed by atoms with Crippen molar-refractivity contribution in [3.8, 4) is 5.75 Å². The van der Waals surface area contributed by atoms with Crippen LogP contribution in [0.3, 0.4) is 0 Å². The molecule has 0 aliphatic carbocycles. The van der Waals surface area contributed by atoms with E-state index in [0.717, 1.165) is 37.2 Å². The van der Waals surface area contributed by atoms with Gasteiger partial charge in [0.15, 0.2) is 6.54 Å². The third-order valence-electron chi connectivity index (χ3n) is 5.76. The Balaban J connectivity index is 0.00000289. The second kappa shape index (κ2) is 9.35. The number of anilines is 1. The van der Waals surface area contributed by atoms with Crippen LogP contribution in [0.4, 0.5) is 27.6 Å². The number of alkyl halides is 5. The van der Waals surface area contributed by atoms with Crippen LogP contribution >= 0.6 is 0 Å². The molecule has 2 aliphatic heterocycles. The Kier molecular flexibility index (Phi) is 7.14. The minimum Gasteiger partial charge on any atom is -1.00 e. The number of benzene rings is 2. The summed E-state index contributed by atoms with van der Waals surface area (Å²) in [6, 6.07) is 10.8. The summed E-state index contributed by atoms with van der Waals surface area (Å²) in [4.78, 5) is 1.73. The molecule has 0 aromatic heterocycles. The average molecular weight is 521 g/mol. The SMILES string of the molecule is OC1(c2ccc(OC(F)F)cc2)CN(c2cccc(C(F)(F)F)c2)C2=[N+]1CCCCC2.[Br-]. The maximum absolute atomic E-state index is 13.2. The van der Waals surface area contributed by atoms with Crippen LogP contribution in [0.25, 0.3) is 0 Å². The molecule has 2 aromatic rings. The van der Waals surface area contributed by atoms with Crippen molar-refractivity contribution in [1.29, 1.82) is 0 Å². The van der Waals surface area contributed by atoms with E-state index in [0.29, 0.717) is 24.2 Å². The van der Waals surface area contributed by atoms with Crippen LogP contribution in [0.2, 0.25) is 0 Å². The van der Waals surface area contributed by atoms with E-state index in [-0.39, 0.29) is 29.3 Å². The van der Waals surface area contributed by atoms with E-state index in [1.165, 1.54) is 30.3 Å². The highest BCUT2D eigenvalue weighted by Crippen LogP contribution is 2.38. The number of nitrogens with zero attached hydrogens (tertiary/aromatic N) is 2. The Morgan fingerprint density at radius 3 is 2.41 bits per heavy atom. The second-order valence-electron chi connectivity index (χ2n) is 7.73. The highest BCUT2D eigenvalue weighted by Gasteiger charge is 2.52. The molecule has 4 rings (SSSR count). The smallest absolute Gasteiger partial charge is 0.416 e. The Bertz CT molecular complexity index is 981.